The van der Waals surface area contributed by atoms with Gasteiger partial charge in [0, 0.05) is 37.7 Å². The van der Waals surface area contributed by atoms with E-state index in [1.165, 1.54) is 17.8 Å². The molecule has 1 aromatic heterocycles. The molecule has 7 heteroatoms. The van der Waals surface area contributed by atoms with E-state index in [4.69, 9.17) is 5.73 Å². The number of nitrogen functional groups attached to an aromatic ring is 1. The fourth-order valence-electron chi connectivity index (χ4n) is 2.46. The number of benzene rings is 1. The lowest BCUT2D eigenvalue weighted by atomic mass is 10.2. The van der Waals surface area contributed by atoms with Crippen LogP contribution >= 0.6 is 11.8 Å². The topological polar surface area (TPSA) is 87.0 Å². The molecule has 6 nitrogen and oxygen atoms in total. The summed E-state index contributed by atoms with van der Waals surface area (Å²) in [5.41, 5.74) is 7.93. The molecule has 1 aliphatic heterocycles. The van der Waals surface area contributed by atoms with Crippen molar-refractivity contribution in [2.24, 2.45) is 0 Å². The molecule has 4 N–H and O–H groups in total. The zero-order valence-corrected chi connectivity index (χ0v) is 12.6. The van der Waals surface area contributed by atoms with Gasteiger partial charge in [0.05, 0.1) is 28.6 Å². The zero-order chi connectivity index (χ0) is 14.7. The normalized spacial score (nSPS) is 16.2. The molecular weight excluding hydrogens is 286 g/mol. The molecule has 1 saturated heterocycles. The molecule has 2 aromatic rings. The molecule has 0 amide bonds. The number of nitrogens with zero attached hydrogens (tertiary/aromatic N) is 2. The third-order valence-corrected chi connectivity index (χ3v) is 4.60. The number of H-pyrrole nitrogens is 1. The Labute approximate surface area is 127 Å². The SMILES string of the molecule is Nc1cc2c(=O)[nH]cnc2cc1NCCN1CCSCC1. The van der Waals surface area contributed by atoms with Crippen molar-refractivity contribution < 1.29 is 0 Å². The Kier molecular flexibility index (Phi) is 4.31. The largest absolute Gasteiger partial charge is 0.397 e. The summed E-state index contributed by atoms with van der Waals surface area (Å²) in [5, 5.41) is 3.87. The monoisotopic (exact) mass is 305 g/mol. The van der Waals surface area contributed by atoms with Gasteiger partial charge in [-0.3, -0.25) is 9.69 Å². The Hall–Kier alpha value is -1.73. The standard InChI is InChI=1S/C14H19N5OS/c15-11-7-10-12(17-9-18-14(10)20)8-13(11)16-1-2-19-3-5-21-6-4-19/h7-9,16H,1-6,15H2,(H,17,18,20). The molecule has 3 rings (SSSR count). The van der Waals surface area contributed by atoms with Crippen LogP contribution in [0.15, 0.2) is 23.3 Å². The van der Waals surface area contributed by atoms with Crippen LogP contribution in [0.4, 0.5) is 11.4 Å². The Balaban J connectivity index is 1.69. The second kappa shape index (κ2) is 6.36. The van der Waals surface area contributed by atoms with Crippen LogP contribution in [0.5, 0.6) is 0 Å². The molecule has 2 heterocycles. The summed E-state index contributed by atoms with van der Waals surface area (Å²) in [4.78, 5) is 20.9. The summed E-state index contributed by atoms with van der Waals surface area (Å²) in [6.07, 6.45) is 1.41. The predicted octanol–water partition coefficient (Wildman–Crippen LogP) is 0.966. The number of rotatable bonds is 4. The first-order chi connectivity index (χ1) is 10.2. The Morgan fingerprint density at radius 3 is 3.00 bits per heavy atom. The van der Waals surface area contributed by atoms with Crippen LogP contribution in [0, 0.1) is 0 Å². The van der Waals surface area contributed by atoms with Crippen LogP contribution in [0.2, 0.25) is 0 Å². The molecule has 0 aliphatic carbocycles. The lowest BCUT2D eigenvalue weighted by molar-refractivity contribution is 0.314. The molecule has 0 unspecified atom stereocenters. The number of thioether (sulfide) groups is 1. The van der Waals surface area contributed by atoms with Gasteiger partial charge in [-0.15, -0.1) is 0 Å². The molecule has 112 valence electrons. The minimum absolute atomic E-state index is 0.163. The first-order valence-electron chi connectivity index (χ1n) is 7.05. The maximum atomic E-state index is 11.7. The Bertz CT molecular complexity index is 681. The number of nitrogens with two attached hydrogens (primary N) is 1. The molecular formula is C14H19N5OS. The molecule has 0 spiro atoms. The summed E-state index contributed by atoms with van der Waals surface area (Å²) in [6.45, 7) is 4.14. The van der Waals surface area contributed by atoms with Crippen molar-refractivity contribution in [3.63, 3.8) is 0 Å². The minimum atomic E-state index is -0.163. The first-order valence-corrected chi connectivity index (χ1v) is 8.20. The third-order valence-electron chi connectivity index (χ3n) is 3.66. The molecule has 1 fully saturated rings. The van der Waals surface area contributed by atoms with Crippen LogP contribution in [0.3, 0.4) is 0 Å². The average Bonchev–Trinajstić information content (AvgIpc) is 2.50. The summed E-state index contributed by atoms with van der Waals surface area (Å²) in [5.74, 6) is 2.43. The molecule has 0 atom stereocenters. The van der Waals surface area contributed by atoms with Crippen molar-refractivity contribution in [3.05, 3.63) is 28.8 Å². The molecule has 0 radical (unpaired) electrons. The van der Waals surface area contributed by atoms with Crippen molar-refractivity contribution >= 4 is 34.0 Å². The second-order valence-corrected chi connectivity index (χ2v) is 6.29. The van der Waals surface area contributed by atoms with Gasteiger partial charge in [-0.2, -0.15) is 11.8 Å². The summed E-state index contributed by atoms with van der Waals surface area (Å²) in [7, 11) is 0. The fourth-order valence-corrected chi connectivity index (χ4v) is 3.44. The van der Waals surface area contributed by atoms with E-state index in [0.29, 0.717) is 16.6 Å². The van der Waals surface area contributed by atoms with Crippen molar-refractivity contribution in [1.29, 1.82) is 0 Å². The molecule has 0 bridgehead atoms. The Morgan fingerprint density at radius 2 is 2.19 bits per heavy atom. The quantitative estimate of drug-likeness (QED) is 0.730. The minimum Gasteiger partial charge on any atom is -0.397 e. The van der Waals surface area contributed by atoms with Crippen LogP contribution < -0.4 is 16.6 Å². The van der Waals surface area contributed by atoms with E-state index < -0.39 is 0 Å². The number of aromatic amines is 1. The van der Waals surface area contributed by atoms with Gasteiger partial charge in [-0.1, -0.05) is 0 Å². The molecule has 1 aromatic carbocycles. The molecule has 0 saturated carbocycles. The van der Waals surface area contributed by atoms with Gasteiger partial charge in [-0.05, 0) is 12.1 Å². The van der Waals surface area contributed by atoms with Crippen molar-refractivity contribution in [1.82, 2.24) is 14.9 Å². The predicted molar refractivity (Wildman–Crippen MR) is 89.0 cm³/mol. The van der Waals surface area contributed by atoms with Crippen LogP contribution in [-0.4, -0.2) is 52.6 Å². The molecule has 1 aliphatic rings. The number of fused-ring (bicyclic) bond motifs is 1. The highest BCUT2D eigenvalue weighted by Gasteiger charge is 2.10. The van der Waals surface area contributed by atoms with Gasteiger partial charge in [0.2, 0.25) is 0 Å². The highest BCUT2D eigenvalue weighted by atomic mass is 32.2. The maximum Gasteiger partial charge on any atom is 0.258 e. The van der Waals surface area contributed by atoms with Gasteiger partial charge in [-0.25, -0.2) is 4.98 Å². The van der Waals surface area contributed by atoms with Crippen LogP contribution in [-0.2, 0) is 0 Å². The van der Waals surface area contributed by atoms with E-state index in [1.807, 2.05) is 17.8 Å². The van der Waals surface area contributed by atoms with E-state index in [-0.39, 0.29) is 5.56 Å². The second-order valence-electron chi connectivity index (χ2n) is 5.07. The molecule has 21 heavy (non-hydrogen) atoms. The zero-order valence-electron chi connectivity index (χ0n) is 11.8. The number of aromatic nitrogens is 2. The summed E-state index contributed by atoms with van der Waals surface area (Å²) in [6, 6.07) is 3.52. The van der Waals surface area contributed by atoms with Gasteiger partial charge in [0.25, 0.3) is 5.56 Å². The third kappa shape index (κ3) is 3.30. The lowest BCUT2D eigenvalue weighted by Gasteiger charge is -2.26. The van der Waals surface area contributed by atoms with Gasteiger partial charge >= 0.3 is 0 Å². The van der Waals surface area contributed by atoms with E-state index in [1.54, 1.807) is 6.07 Å². The van der Waals surface area contributed by atoms with Gasteiger partial charge in [0.15, 0.2) is 0 Å². The van der Waals surface area contributed by atoms with Gasteiger partial charge < -0.3 is 16.0 Å². The average molecular weight is 305 g/mol. The van der Waals surface area contributed by atoms with E-state index in [2.05, 4.69) is 20.2 Å². The highest BCUT2D eigenvalue weighted by Crippen LogP contribution is 2.22. The van der Waals surface area contributed by atoms with Crippen molar-refractivity contribution in [2.45, 2.75) is 0 Å². The smallest absolute Gasteiger partial charge is 0.258 e. The first kappa shape index (κ1) is 14.2. The van der Waals surface area contributed by atoms with E-state index >= 15 is 0 Å². The van der Waals surface area contributed by atoms with Crippen LogP contribution in [0.25, 0.3) is 10.9 Å². The summed E-state index contributed by atoms with van der Waals surface area (Å²) < 4.78 is 0. The van der Waals surface area contributed by atoms with Crippen molar-refractivity contribution in [2.75, 3.05) is 48.7 Å². The number of nitrogens with one attached hydrogen (secondary N) is 2. The number of hydrogen-bond acceptors (Lipinski definition) is 6. The van der Waals surface area contributed by atoms with Crippen molar-refractivity contribution in [3.8, 4) is 0 Å². The maximum absolute atomic E-state index is 11.7. The fraction of sp³-hybridized carbons (Fsp3) is 0.429. The van der Waals surface area contributed by atoms with Crippen LogP contribution in [0.1, 0.15) is 0 Å². The number of hydrogen-bond donors (Lipinski definition) is 3. The van der Waals surface area contributed by atoms with Gasteiger partial charge in [0.1, 0.15) is 0 Å². The Morgan fingerprint density at radius 1 is 1.38 bits per heavy atom. The highest BCUT2D eigenvalue weighted by molar-refractivity contribution is 7.99. The lowest BCUT2D eigenvalue weighted by Crippen LogP contribution is -2.36. The van der Waals surface area contributed by atoms with E-state index in [0.717, 1.165) is 31.9 Å². The number of anilines is 2. The van der Waals surface area contributed by atoms with E-state index in [9.17, 15) is 4.79 Å². The summed E-state index contributed by atoms with van der Waals surface area (Å²) >= 11 is 2.01.